The fourth-order valence-corrected chi connectivity index (χ4v) is 1.87. The number of halogens is 2. The molecule has 110 valence electrons. The van der Waals surface area contributed by atoms with Crippen LogP contribution in [0.2, 0.25) is 0 Å². The number of carbonyl (C=O) groups is 2. The molecule has 1 aromatic heterocycles. The van der Waals surface area contributed by atoms with E-state index in [0.29, 0.717) is 4.47 Å². The van der Waals surface area contributed by atoms with Gasteiger partial charge in [-0.15, -0.1) is 0 Å². The van der Waals surface area contributed by atoms with Gasteiger partial charge in [-0.25, -0.2) is 14.0 Å². The van der Waals surface area contributed by atoms with Gasteiger partial charge in [-0.2, -0.15) is 0 Å². The maximum atomic E-state index is 13.6. The molecule has 0 N–H and O–H groups in total. The third-order valence-electron chi connectivity index (χ3n) is 2.54. The van der Waals surface area contributed by atoms with Gasteiger partial charge < -0.3 is 13.9 Å². The van der Waals surface area contributed by atoms with Crippen LogP contribution in [0.3, 0.4) is 0 Å². The first-order chi connectivity index (χ1) is 10.0. The van der Waals surface area contributed by atoms with Crippen LogP contribution < -0.4 is 0 Å². The molecule has 0 spiro atoms. The molecule has 0 unspecified atom stereocenters. The molecule has 0 atom stereocenters. The van der Waals surface area contributed by atoms with Gasteiger partial charge >= 0.3 is 11.9 Å². The van der Waals surface area contributed by atoms with Crippen LogP contribution in [0.4, 0.5) is 4.39 Å². The van der Waals surface area contributed by atoms with Crippen molar-refractivity contribution < 1.29 is 27.9 Å². The molecule has 0 bridgehead atoms. The SMILES string of the molecule is COC(=O)c1ccc(COC(=O)c2ccc(Br)cc2F)o1. The van der Waals surface area contributed by atoms with Gasteiger partial charge in [0.15, 0.2) is 0 Å². The summed E-state index contributed by atoms with van der Waals surface area (Å²) < 4.78 is 28.6. The fraction of sp³-hybridized carbons (Fsp3) is 0.143. The van der Waals surface area contributed by atoms with Crippen molar-refractivity contribution in [1.82, 2.24) is 0 Å². The monoisotopic (exact) mass is 356 g/mol. The predicted octanol–water partition coefficient (Wildman–Crippen LogP) is 3.32. The summed E-state index contributed by atoms with van der Waals surface area (Å²) in [7, 11) is 1.22. The first-order valence-corrected chi connectivity index (χ1v) is 6.59. The van der Waals surface area contributed by atoms with Crippen LogP contribution in [0.15, 0.2) is 39.2 Å². The lowest BCUT2D eigenvalue weighted by atomic mass is 10.2. The first-order valence-electron chi connectivity index (χ1n) is 5.80. The minimum atomic E-state index is -0.823. The highest BCUT2D eigenvalue weighted by Crippen LogP contribution is 2.17. The molecule has 2 aromatic rings. The quantitative estimate of drug-likeness (QED) is 0.786. The van der Waals surface area contributed by atoms with Gasteiger partial charge in [0.1, 0.15) is 18.2 Å². The van der Waals surface area contributed by atoms with Crippen molar-refractivity contribution in [3.05, 3.63) is 57.7 Å². The van der Waals surface area contributed by atoms with Crippen LogP contribution in [-0.2, 0) is 16.1 Å². The Bertz CT molecular complexity index is 680. The maximum absolute atomic E-state index is 13.6. The summed E-state index contributed by atoms with van der Waals surface area (Å²) >= 11 is 3.09. The average Bonchev–Trinajstić information content (AvgIpc) is 2.92. The highest BCUT2D eigenvalue weighted by Gasteiger charge is 2.16. The van der Waals surface area contributed by atoms with Crippen LogP contribution in [0.25, 0.3) is 0 Å². The van der Waals surface area contributed by atoms with Crippen LogP contribution in [0, 0.1) is 5.82 Å². The Hall–Kier alpha value is -2.15. The Morgan fingerprint density at radius 3 is 2.67 bits per heavy atom. The second-order valence-electron chi connectivity index (χ2n) is 3.96. The van der Waals surface area contributed by atoms with Gasteiger partial charge in [0, 0.05) is 4.47 Å². The number of esters is 2. The fourth-order valence-electron chi connectivity index (χ4n) is 1.54. The third kappa shape index (κ3) is 3.69. The van der Waals surface area contributed by atoms with Crippen molar-refractivity contribution in [1.29, 1.82) is 0 Å². The van der Waals surface area contributed by atoms with Crippen molar-refractivity contribution >= 4 is 27.9 Å². The average molecular weight is 357 g/mol. The Kier molecular flexibility index (Phi) is 4.74. The summed E-state index contributed by atoms with van der Waals surface area (Å²) in [4.78, 5) is 22.9. The van der Waals surface area contributed by atoms with E-state index in [1.807, 2.05) is 0 Å². The minimum Gasteiger partial charge on any atom is -0.463 e. The summed E-state index contributed by atoms with van der Waals surface area (Å²) in [6.45, 7) is -0.217. The van der Waals surface area contributed by atoms with Gasteiger partial charge in [0.25, 0.3) is 0 Å². The van der Waals surface area contributed by atoms with E-state index >= 15 is 0 Å². The zero-order chi connectivity index (χ0) is 15.4. The molecule has 21 heavy (non-hydrogen) atoms. The van der Waals surface area contributed by atoms with E-state index in [2.05, 4.69) is 20.7 Å². The van der Waals surface area contributed by atoms with E-state index in [9.17, 15) is 14.0 Å². The largest absolute Gasteiger partial charge is 0.463 e. The molecule has 0 aliphatic heterocycles. The zero-order valence-electron chi connectivity index (χ0n) is 10.9. The lowest BCUT2D eigenvalue weighted by Gasteiger charge is -2.04. The van der Waals surface area contributed by atoms with Crippen molar-refractivity contribution in [3.63, 3.8) is 0 Å². The summed E-state index contributed by atoms with van der Waals surface area (Å²) in [5, 5.41) is 0. The molecule has 0 aliphatic rings. The number of hydrogen-bond donors (Lipinski definition) is 0. The first kappa shape index (κ1) is 15.2. The summed E-state index contributed by atoms with van der Waals surface area (Å²) in [5.74, 6) is -1.90. The maximum Gasteiger partial charge on any atom is 0.373 e. The molecule has 7 heteroatoms. The van der Waals surface area contributed by atoms with Gasteiger partial charge in [-0.1, -0.05) is 15.9 Å². The number of rotatable bonds is 4. The summed E-state index contributed by atoms with van der Waals surface area (Å²) in [5.41, 5.74) is -0.182. The molecule has 1 aromatic carbocycles. The summed E-state index contributed by atoms with van der Waals surface area (Å²) in [6, 6.07) is 6.87. The highest BCUT2D eigenvalue weighted by molar-refractivity contribution is 9.10. The molecule has 0 radical (unpaired) electrons. The van der Waals surface area contributed by atoms with Crippen LogP contribution in [-0.4, -0.2) is 19.0 Å². The molecular formula is C14H10BrFO5. The zero-order valence-corrected chi connectivity index (χ0v) is 12.5. The number of methoxy groups -OCH3 is 1. The normalized spacial score (nSPS) is 10.2. The molecule has 0 saturated carbocycles. The molecule has 0 aliphatic carbocycles. The molecule has 0 saturated heterocycles. The number of furan rings is 1. The lowest BCUT2D eigenvalue weighted by molar-refractivity contribution is 0.0433. The van der Waals surface area contributed by atoms with Crippen LogP contribution in [0.1, 0.15) is 26.7 Å². The van der Waals surface area contributed by atoms with E-state index in [0.717, 1.165) is 0 Å². The van der Waals surface area contributed by atoms with Gasteiger partial charge in [-0.3, -0.25) is 0 Å². The number of ether oxygens (including phenoxy) is 2. The van der Waals surface area contributed by atoms with E-state index in [-0.39, 0.29) is 23.7 Å². The molecule has 2 rings (SSSR count). The Morgan fingerprint density at radius 1 is 1.24 bits per heavy atom. The lowest BCUT2D eigenvalue weighted by Crippen LogP contribution is -2.07. The van der Waals surface area contributed by atoms with Crippen molar-refractivity contribution in [2.75, 3.05) is 7.11 Å². The second kappa shape index (κ2) is 6.53. The van der Waals surface area contributed by atoms with E-state index in [1.165, 1.54) is 37.4 Å². The van der Waals surface area contributed by atoms with Crippen molar-refractivity contribution in [2.24, 2.45) is 0 Å². The number of hydrogen-bond acceptors (Lipinski definition) is 5. The second-order valence-corrected chi connectivity index (χ2v) is 4.87. The predicted molar refractivity (Wildman–Crippen MR) is 73.3 cm³/mol. The van der Waals surface area contributed by atoms with Crippen molar-refractivity contribution in [3.8, 4) is 0 Å². The minimum absolute atomic E-state index is 0.00151. The standard InChI is InChI=1S/C14H10BrFO5/c1-19-14(18)12-5-3-9(21-12)7-20-13(17)10-4-2-8(15)6-11(10)16/h2-6H,7H2,1H3. The van der Waals surface area contributed by atoms with Gasteiger partial charge in [-0.05, 0) is 30.3 Å². The van der Waals surface area contributed by atoms with Crippen LogP contribution in [0.5, 0.6) is 0 Å². The molecule has 0 amide bonds. The topological polar surface area (TPSA) is 65.7 Å². The molecular weight excluding hydrogens is 347 g/mol. The highest BCUT2D eigenvalue weighted by atomic mass is 79.9. The Balaban J connectivity index is 2.01. The van der Waals surface area contributed by atoms with Gasteiger partial charge in [0.2, 0.25) is 5.76 Å². The Morgan fingerprint density at radius 2 is 2.00 bits per heavy atom. The van der Waals surface area contributed by atoms with E-state index in [4.69, 9.17) is 9.15 Å². The molecule has 1 heterocycles. The van der Waals surface area contributed by atoms with E-state index in [1.54, 1.807) is 0 Å². The smallest absolute Gasteiger partial charge is 0.373 e. The van der Waals surface area contributed by atoms with Crippen molar-refractivity contribution in [2.45, 2.75) is 6.61 Å². The summed E-state index contributed by atoms with van der Waals surface area (Å²) in [6.07, 6.45) is 0. The van der Waals surface area contributed by atoms with Crippen LogP contribution >= 0.6 is 15.9 Å². The Labute approximate surface area is 127 Å². The third-order valence-corrected chi connectivity index (χ3v) is 3.04. The molecule has 5 nitrogen and oxygen atoms in total. The van der Waals surface area contributed by atoms with E-state index < -0.39 is 17.8 Å². The number of carbonyl (C=O) groups excluding carboxylic acids is 2. The number of benzene rings is 1. The molecule has 0 fully saturated rings. The van der Waals surface area contributed by atoms with Gasteiger partial charge in [0.05, 0.1) is 12.7 Å².